The highest BCUT2D eigenvalue weighted by atomic mass is 16.5. The summed E-state index contributed by atoms with van der Waals surface area (Å²) in [5.74, 6) is -0.825. The SMILES string of the molecule is CN1C(=CC(=O)COC(=O)Cn2c3ccccc3c(=O)c3ccccc32)C(C)(C)c2ccccc21. The summed E-state index contributed by atoms with van der Waals surface area (Å²) in [6.45, 7) is 3.70. The van der Waals surface area contributed by atoms with Crippen LogP contribution in [0.25, 0.3) is 21.8 Å². The van der Waals surface area contributed by atoms with Crippen molar-refractivity contribution in [2.24, 2.45) is 0 Å². The molecular weight excluding hydrogens is 440 g/mol. The number of carbonyl (C=O) groups is 2. The molecule has 6 nitrogen and oxygen atoms in total. The Kier molecular flexibility index (Phi) is 5.52. The normalized spacial score (nSPS) is 15.5. The molecule has 0 amide bonds. The lowest BCUT2D eigenvalue weighted by atomic mass is 9.83. The van der Waals surface area contributed by atoms with Crippen LogP contribution in [0.3, 0.4) is 0 Å². The summed E-state index contributed by atoms with van der Waals surface area (Å²) in [5.41, 5.74) is 3.95. The molecule has 0 fully saturated rings. The number of fused-ring (bicyclic) bond motifs is 3. The van der Waals surface area contributed by atoms with Gasteiger partial charge in [-0.1, -0.05) is 56.3 Å². The summed E-state index contributed by atoms with van der Waals surface area (Å²) in [7, 11) is 1.94. The summed E-state index contributed by atoms with van der Waals surface area (Å²) in [6.07, 6.45) is 1.57. The quantitative estimate of drug-likeness (QED) is 0.245. The standard InChI is InChI=1S/C29H26N2O4/c1-29(2)22-12-6-9-15-25(22)30(3)26(29)16-19(32)18-35-27(33)17-31-23-13-7-4-10-20(23)28(34)21-11-5-8-14-24(21)31/h4-16H,17-18H2,1-3H3. The number of ether oxygens (including phenoxy) is 1. The molecule has 0 radical (unpaired) electrons. The van der Waals surface area contributed by atoms with Gasteiger partial charge in [-0.25, -0.2) is 0 Å². The lowest BCUT2D eigenvalue weighted by Crippen LogP contribution is -2.25. The Balaban J connectivity index is 1.36. The largest absolute Gasteiger partial charge is 0.456 e. The molecule has 0 spiro atoms. The van der Waals surface area contributed by atoms with Crippen molar-refractivity contribution in [2.45, 2.75) is 25.8 Å². The molecule has 1 aromatic heterocycles. The van der Waals surface area contributed by atoms with Crippen molar-refractivity contribution in [2.75, 3.05) is 18.6 Å². The lowest BCUT2D eigenvalue weighted by molar-refractivity contribution is -0.147. The number of benzene rings is 3. The van der Waals surface area contributed by atoms with E-state index in [2.05, 4.69) is 19.9 Å². The average Bonchev–Trinajstić information content (AvgIpc) is 3.06. The molecule has 0 saturated heterocycles. The van der Waals surface area contributed by atoms with Gasteiger partial charge in [-0.3, -0.25) is 14.4 Å². The maximum Gasteiger partial charge on any atom is 0.326 e. The monoisotopic (exact) mass is 466 g/mol. The predicted molar refractivity (Wildman–Crippen MR) is 138 cm³/mol. The van der Waals surface area contributed by atoms with E-state index in [1.165, 1.54) is 0 Å². The first-order chi connectivity index (χ1) is 16.8. The van der Waals surface area contributed by atoms with Crippen molar-refractivity contribution in [3.05, 3.63) is 100 Å². The van der Waals surface area contributed by atoms with Crippen LogP contribution in [-0.4, -0.2) is 30.0 Å². The summed E-state index contributed by atoms with van der Waals surface area (Å²) in [5, 5.41) is 1.07. The third-order valence-electron chi connectivity index (χ3n) is 6.78. The third-order valence-corrected chi connectivity index (χ3v) is 6.78. The van der Waals surface area contributed by atoms with E-state index in [4.69, 9.17) is 4.74 Å². The van der Waals surface area contributed by atoms with E-state index < -0.39 is 5.97 Å². The number of para-hydroxylation sites is 3. The fraction of sp³-hybridized carbons (Fsp3) is 0.207. The number of rotatable bonds is 5. The van der Waals surface area contributed by atoms with Crippen LogP contribution in [-0.2, 0) is 26.3 Å². The minimum absolute atomic E-state index is 0.0769. The summed E-state index contributed by atoms with van der Waals surface area (Å²) < 4.78 is 7.14. The zero-order chi connectivity index (χ0) is 24.7. The molecule has 1 aliphatic heterocycles. The van der Waals surface area contributed by atoms with Crippen LogP contribution in [0, 0.1) is 0 Å². The Morgan fingerprint density at radius 3 is 2.09 bits per heavy atom. The van der Waals surface area contributed by atoms with Crippen LogP contribution in [0.5, 0.6) is 0 Å². The molecule has 0 aliphatic carbocycles. The first kappa shape index (κ1) is 22.6. The van der Waals surface area contributed by atoms with Crippen LogP contribution in [0.2, 0.25) is 0 Å². The Hall–Kier alpha value is -4.19. The molecule has 0 bridgehead atoms. The first-order valence-corrected chi connectivity index (χ1v) is 11.5. The highest BCUT2D eigenvalue weighted by molar-refractivity contribution is 5.96. The minimum Gasteiger partial charge on any atom is -0.456 e. The van der Waals surface area contributed by atoms with Gasteiger partial charge in [0.2, 0.25) is 0 Å². The zero-order valence-corrected chi connectivity index (χ0v) is 19.9. The lowest BCUT2D eigenvalue weighted by Gasteiger charge is -2.23. The van der Waals surface area contributed by atoms with E-state index in [9.17, 15) is 14.4 Å². The second-order valence-electron chi connectivity index (χ2n) is 9.31. The predicted octanol–water partition coefficient (Wildman–Crippen LogP) is 4.58. The topological polar surface area (TPSA) is 68.6 Å². The van der Waals surface area contributed by atoms with Gasteiger partial charge in [0.15, 0.2) is 17.8 Å². The van der Waals surface area contributed by atoms with E-state index in [0.29, 0.717) is 21.8 Å². The number of likely N-dealkylation sites (N-methyl/N-ethyl adjacent to an activating group) is 1. The second kappa shape index (κ2) is 8.55. The number of pyridine rings is 1. The molecule has 0 atom stereocenters. The summed E-state index contributed by atoms with van der Waals surface area (Å²) >= 11 is 0. The number of esters is 1. The van der Waals surface area contributed by atoms with Crippen molar-refractivity contribution in [3.8, 4) is 0 Å². The molecule has 0 unspecified atom stereocenters. The summed E-state index contributed by atoms with van der Waals surface area (Å²) in [6, 6.07) is 22.4. The van der Waals surface area contributed by atoms with Gasteiger partial charge in [0.25, 0.3) is 0 Å². The van der Waals surface area contributed by atoms with E-state index in [1.807, 2.05) is 54.4 Å². The molecule has 35 heavy (non-hydrogen) atoms. The van der Waals surface area contributed by atoms with Crippen LogP contribution in [0.4, 0.5) is 5.69 Å². The molecule has 1 aliphatic rings. The first-order valence-electron chi connectivity index (χ1n) is 11.5. The molecular formula is C29H26N2O4. The maximum atomic E-state index is 12.9. The Bertz CT molecular complexity index is 1520. The average molecular weight is 467 g/mol. The van der Waals surface area contributed by atoms with Gasteiger partial charge in [-0.05, 0) is 35.9 Å². The van der Waals surface area contributed by atoms with Crippen molar-refractivity contribution >= 4 is 39.2 Å². The van der Waals surface area contributed by atoms with E-state index in [-0.39, 0.29) is 29.8 Å². The minimum atomic E-state index is -0.543. The third kappa shape index (κ3) is 3.81. The number of ketones is 1. The molecule has 176 valence electrons. The highest BCUT2D eigenvalue weighted by Gasteiger charge is 2.38. The fourth-order valence-electron chi connectivity index (χ4n) is 5.03. The van der Waals surface area contributed by atoms with Gasteiger partial charge in [0.1, 0.15) is 6.54 Å². The molecule has 4 aromatic rings. The number of allylic oxidation sites excluding steroid dienone is 1. The van der Waals surface area contributed by atoms with E-state index >= 15 is 0 Å². The number of anilines is 1. The Morgan fingerprint density at radius 2 is 1.46 bits per heavy atom. The Morgan fingerprint density at radius 1 is 0.886 bits per heavy atom. The van der Waals surface area contributed by atoms with Gasteiger partial charge >= 0.3 is 5.97 Å². The Labute approximate surface area is 203 Å². The molecule has 2 heterocycles. The zero-order valence-electron chi connectivity index (χ0n) is 19.9. The molecule has 0 saturated carbocycles. The van der Waals surface area contributed by atoms with Crippen molar-refractivity contribution in [3.63, 3.8) is 0 Å². The highest BCUT2D eigenvalue weighted by Crippen LogP contribution is 2.46. The molecule has 6 heteroatoms. The number of carbonyl (C=O) groups excluding carboxylic acids is 2. The van der Waals surface area contributed by atoms with E-state index in [0.717, 1.165) is 16.9 Å². The van der Waals surface area contributed by atoms with Crippen molar-refractivity contribution in [1.29, 1.82) is 0 Å². The van der Waals surface area contributed by atoms with Crippen molar-refractivity contribution < 1.29 is 14.3 Å². The molecule has 5 rings (SSSR count). The molecule has 3 aromatic carbocycles. The number of hydrogen-bond acceptors (Lipinski definition) is 5. The van der Waals surface area contributed by atoms with Gasteiger partial charge in [0, 0.05) is 40.7 Å². The van der Waals surface area contributed by atoms with Crippen LogP contribution in [0.1, 0.15) is 19.4 Å². The fourth-order valence-corrected chi connectivity index (χ4v) is 5.03. The maximum absolute atomic E-state index is 12.9. The van der Waals surface area contributed by atoms with Crippen LogP contribution in [0.15, 0.2) is 89.4 Å². The van der Waals surface area contributed by atoms with Crippen LogP contribution < -0.4 is 10.3 Å². The van der Waals surface area contributed by atoms with Gasteiger partial charge in [-0.2, -0.15) is 0 Å². The van der Waals surface area contributed by atoms with Gasteiger partial charge < -0.3 is 14.2 Å². The number of hydrogen-bond donors (Lipinski definition) is 0. The van der Waals surface area contributed by atoms with Crippen molar-refractivity contribution in [1.82, 2.24) is 4.57 Å². The van der Waals surface area contributed by atoms with E-state index in [1.54, 1.807) is 34.9 Å². The number of aromatic nitrogens is 1. The van der Waals surface area contributed by atoms with Gasteiger partial charge in [0.05, 0.1) is 11.0 Å². The summed E-state index contributed by atoms with van der Waals surface area (Å²) in [4.78, 5) is 40.5. The second-order valence-corrected chi connectivity index (χ2v) is 9.31. The smallest absolute Gasteiger partial charge is 0.326 e. The molecule has 0 N–H and O–H groups in total. The number of nitrogens with zero attached hydrogens (tertiary/aromatic N) is 2. The van der Waals surface area contributed by atoms with Gasteiger partial charge in [-0.15, -0.1) is 0 Å². The van der Waals surface area contributed by atoms with Crippen LogP contribution >= 0.6 is 0 Å².